The number of hydrogen-bond acceptors (Lipinski definition) is 6. The topological polar surface area (TPSA) is 136 Å². The molecule has 1 aromatic heterocycles. The van der Waals surface area contributed by atoms with Gasteiger partial charge in [-0.05, 0) is 61.0 Å². The van der Waals surface area contributed by atoms with Gasteiger partial charge in [0.25, 0.3) is 0 Å². The predicted octanol–water partition coefficient (Wildman–Crippen LogP) is 4.09. The van der Waals surface area contributed by atoms with Crippen LogP contribution in [0.2, 0.25) is 0 Å². The number of ether oxygens (including phenoxy) is 1. The Labute approximate surface area is 214 Å². The van der Waals surface area contributed by atoms with E-state index in [1.54, 1.807) is 18.1 Å². The van der Waals surface area contributed by atoms with Crippen molar-refractivity contribution in [2.24, 2.45) is 0 Å². The number of piperazine rings is 1. The number of aromatic carboxylic acids is 1. The molecule has 4 N–H and O–H groups in total. The van der Waals surface area contributed by atoms with Gasteiger partial charge in [-0.25, -0.2) is 19.4 Å². The molecule has 0 radical (unpaired) electrons. The monoisotopic (exact) mass is 504 g/mol. The van der Waals surface area contributed by atoms with Crippen LogP contribution in [0.25, 0.3) is 0 Å². The summed E-state index contributed by atoms with van der Waals surface area (Å²) in [5.74, 6) is -0.555. The lowest BCUT2D eigenvalue weighted by molar-refractivity contribution is 0.0697. The summed E-state index contributed by atoms with van der Waals surface area (Å²) in [5, 5.41) is 17.5. The SMILES string of the molecule is COc1ccc(C)cc1NC(=O)Nc1ccc(N2CCN(C(=O)Nc3ncccc3C(=O)O)CC2)cc1. The van der Waals surface area contributed by atoms with Crippen molar-refractivity contribution in [1.82, 2.24) is 9.88 Å². The smallest absolute Gasteiger partial charge is 0.339 e. The highest BCUT2D eigenvalue weighted by atomic mass is 16.5. The summed E-state index contributed by atoms with van der Waals surface area (Å²) in [6.45, 7) is 4.05. The molecule has 0 atom stereocenters. The zero-order chi connectivity index (χ0) is 26.4. The molecule has 2 heterocycles. The fourth-order valence-corrected chi connectivity index (χ4v) is 3.99. The van der Waals surface area contributed by atoms with E-state index in [0.29, 0.717) is 43.3 Å². The summed E-state index contributed by atoms with van der Waals surface area (Å²) in [4.78, 5) is 44.2. The highest BCUT2D eigenvalue weighted by Crippen LogP contribution is 2.26. The summed E-state index contributed by atoms with van der Waals surface area (Å²) >= 11 is 0. The molecule has 0 spiro atoms. The van der Waals surface area contributed by atoms with E-state index >= 15 is 0 Å². The Balaban J connectivity index is 1.29. The molecule has 1 fully saturated rings. The highest BCUT2D eigenvalue weighted by Gasteiger charge is 2.23. The van der Waals surface area contributed by atoms with Crippen LogP contribution < -0.4 is 25.6 Å². The van der Waals surface area contributed by atoms with Crippen molar-refractivity contribution in [3.63, 3.8) is 0 Å². The van der Waals surface area contributed by atoms with Crippen LogP contribution in [0.1, 0.15) is 15.9 Å². The zero-order valence-corrected chi connectivity index (χ0v) is 20.5. The van der Waals surface area contributed by atoms with E-state index in [9.17, 15) is 19.5 Å². The summed E-state index contributed by atoms with van der Waals surface area (Å²) in [6, 6.07) is 15.1. The van der Waals surface area contributed by atoms with Gasteiger partial charge < -0.3 is 30.3 Å². The Morgan fingerprint density at radius 1 is 0.946 bits per heavy atom. The van der Waals surface area contributed by atoms with E-state index in [4.69, 9.17) is 4.74 Å². The fourth-order valence-electron chi connectivity index (χ4n) is 3.99. The second-order valence-electron chi connectivity index (χ2n) is 8.44. The molecule has 2 aromatic carbocycles. The Bertz CT molecular complexity index is 1290. The molecule has 4 amide bonds. The number of benzene rings is 2. The molecule has 3 aromatic rings. The fraction of sp³-hybridized carbons (Fsp3) is 0.231. The summed E-state index contributed by atoms with van der Waals surface area (Å²) in [5.41, 5.74) is 3.12. The van der Waals surface area contributed by atoms with Crippen LogP contribution in [0.4, 0.5) is 32.5 Å². The molecular weight excluding hydrogens is 476 g/mol. The van der Waals surface area contributed by atoms with Crippen LogP contribution in [-0.2, 0) is 0 Å². The second kappa shape index (κ2) is 11.3. The van der Waals surface area contributed by atoms with Crippen LogP contribution in [0, 0.1) is 6.92 Å². The maximum atomic E-state index is 12.6. The number of aryl methyl sites for hydroxylation is 1. The average Bonchev–Trinajstić information content (AvgIpc) is 2.89. The van der Waals surface area contributed by atoms with Crippen molar-refractivity contribution in [2.45, 2.75) is 6.92 Å². The number of anilines is 4. The number of carbonyl (C=O) groups is 3. The minimum atomic E-state index is -1.15. The van der Waals surface area contributed by atoms with Gasteiger partial charge in [-0.15, -0.1) is 0 Å². The first kappa shape index (κ1) is 25.3. The summed E-state index contributed by atoms with van der Waals surface area (Å²) < 4.78 is 5.30. The normalized spacial score (nSPS) is 13.0. The van der Waals surface area contributed by atoms with Crippen LogP contribution in [0.15, 0.2) is 60.8 Å². The third-order valence-corrected chi connectivity index (χ3v) is 5.92. The van der Waals surface area contributed by atoms with Gasteiger partial charge >= 0.3 is 18.0 Å². The molecule has 4 rings (SSSR count). The molecule has 0 saturated carbocycles. The third-order valence-electron chi connectivity index (χ3n) is 5.92. The summed E-state index contributed by atoms with van der Waals surface area (Å²) in [6.07, 6.45) is 1.43. The van der Waals surface area contributed by atoms with Gasteiger partial charge in [-0.3, -0.25) is 5.32 Å². The number of methoxy groups -OCH3 is 1. The number of nitrogens with one attached hydrogen (secondary N) is 3. The molecule has 1 saturated heterocycles. The maximum absolute atomic E-state index is 12.6. The largest absolute Gasteiger partial charge is 0.495 e. The molecule has 37 heavy (non-hydrogen) atoms. The van der Waals surface area contributed by atoms with Gasteiger partial charge in [-0.2, -0.15) is 0 Å². The lowest BCUT2D eigenvalue weighted by Crippen LogP contribution is -2.50. The number of hydrogen-bond donors (Lipinski definition) is 4. The minimum Gasteiger partial charge on any atom is -0.495 e. The van der Waals surface area contributed by atoms with Crippen molar-refractivity contribution < 1.29 is 24.2 Å². The molecule has 11 heteroatoms. The number of pyridine rings is 1. The van der Waals surface area contributed by atoms with E-state index in [-0.39, 0.29) is 17.4 Å². The van der Waals surface area contributed by atoms with E-state index in [1.807, 2.05) is 43.3 Å². The second-order valence-corrected chi connectivity index (χ2v) is 8.44. The average molecular weight is 505 g/mol. The molecule has 192 valence electrons. The Kier molecular flexibility index (Phi) is 7.72. The molecular formula is C26H28N6O5. The van der Waals surface area contributed by atoms with Gasteiger partial charge in [0.2, 0.25) is 0 Å². The van der Waals surface area contributed by atoms with Crippen LogP contribution in [0.3, 0.4) is 0 Å². The molecule has 0 unspecified atom stereocenters. The van der Waals surface area contributed by atoms with Crippen molar-refractivity contribution in [3.8, 4) is 5.75 Å². The van der Waals surface area contributed by atoms with Crippen LogP contribution >= 0.6 is 0 Å². The molecule has 0 bridgehead atoms. The van der Waals surface area contributed by atoms with Gasteiger partial charge in [-0.1, -0.05) is 6.07 Å². The van der Waals surface area contributed by atoms with Gasteiger partial charge in [0.05, 0.1) is 12.8 Å². The summed E-state index contributed by atoms with van der Waals surface area (Å²) in [7, 11) is 1.55. The number of carboxylic acid groups (broad SMARTS) is 1. The van der Waals surface area contributed by atoms with Crippen molar-refractivity contribution in [1.29, 1.82) is 0 Å². The van der Waals surface area contributed by atoms with Crippen molar-refractivity contribution in [2.75, 3.05) is 54.1 Å². The number of urea groups is 2. The van der Waals surface area contributed by atoms with E-state index in [1.165, 1.54) is 18.3 Å². The third kappa shape index (κ3) is 6.26. The highest BCUT2D eigenvalue weighted by molar-refractivity contribution is 6.01. The molecule has 1 aliphatic rings. The lowest BCUT2D eigenvalue weighted by Gasteiger charge is -2.36. The number of carboxylic acids is 1. The van der Waals surface area contributed by atoms with Crippen LogP contribution in [-0.4, -0.2) is 66.3 Å². The Morgan fingerprint density at radius 2 is 1.68 bits per heavy atom. The zero-order valence-electron chi connectivity index (χ0n) is 20.5. The predicted molar refractivity (Wildman–Crippen MR) is 141 cm³/mol. The number of amides is 4. The van der Waals surface area contributed by atoms with Gasteiger partial charge in [0.15, 0.2) is 0 Å². The number of nitrogens with zero attached hydrogens (tertiary/aromatic N) is 3. The number of rotatable bonds is 6. The molecule has 11 nitrogen and oxygen atoms in total. The minimum absolute atomic E-state index is 0.0235. The van der Waals surface area contributed by atoms with Crippen molar-refractivity contribution in [3.05, 3.63) is 71.9 Å². The first-order chi connectivity index (χ1) is 17.8. The van der Waals surface area contributed by atoms with Gasteiger partial charge in [0.1, 0.15) is 17.1 Å². The first-order valence-electron chi connectivity index (χ1n) is 11.7. The standard InChI is InChI=1S/C26H28N6O5/c1-17-5-10-22(37-2)21(16-17)29-25(35)28-18-6-8-19(9-7-18)31-12-14-32(15-13-31)26(36)30-23-20(24(33)34)4-3-11-27-23/h3-11,16H,12-15H2,1-2H3,(H,33,34)(H,27,30,36)(H2,28,29,35). The number of aromatic nitrogens is 1. The molecule has 1 aliphatic heterocycles. The van der Waals surface area contributed by atoms with E-state index < -0.39 is 12.0 Å². The maximum Gasteiger partial charge on any atom is 0.339 e. The Morgan fingerprint density at radius 3 is 2.35 bits per heavy atom. The van der Waals surface area contributed by atoms with Gasteiger partial charge in [0, 0.05) is 43.8 Å². The van der Waals surface area contributed by atoms with Crippen molar-refractivity contribution >= 4 is 40.9 Å². The first-order valence-corrected chi connectivity index (χ1v) is 11.7. The molecule has 0 aliphatic carbocycles. The Hall–Kier alpha value is -4.80. The van der Waals surface area contributed by atoms with E-state index in [0.717, 1.165) is 11.3 Å². The quantitative estimate of drug-likeness (QED) is 0.397. The van der Waals surface area contributed by atoms with E-state index in [2.05, 4.69) is 25.8 Å². The lowest BCUT2D eigenvalue weighted by atomic mass is 10.2. The number of carbonyl (C=O) groups excluding carboxylic acids is 2. The van der Waals surface area contributed by atoms with Crippen LogP contribution in [0.5, 0.6) is 5.75 Å².